The van der Waals surface area contributed by atoms with Crippen LogP contribution in [-0.2, 0) is 33.3 Å². The first-order valence-electron chi connectivity index (χ1n) is 12.7. The molecule has 0 bridgehead atoms. The van der Waals surface area contributed by atoms with E-state index in [-0.39, 0.29) is 20.8 Å². The second-order valence-corrected chi connectivity index (χ2v) is 7.62. The Morgan fingerprint density at radius 2 is 1.22 bits per heavy atom. The van der Waals surface area contributed by atoms with Crippen molar-refractivity contribution in [3.05, 3.63) is 11.9 Å². The topological polar surface area (TPSA) is 177 Å². The Morgan fingerprint density at radius 1 is 0.694 bits per heavy atom. The molecule has 0 heterocycles. The predicted molar refractivity (Wildman–Crippen MR) is 144 cm³/mol. The van der Waals surface area contributed by atoms with Gasteiger partial charge in [-0.1, -0.05) is 6.92 Å². The number of carbonyl (C=O) groups excluding carboxylic acids is 2. The molecule has 0 fully saturated rings. The van der Waals surface area contributed by atoms with Gasteiger partial charge in [0.15, 0.2) is 0 Å². The fourth-order valence-electron chi connectivity index (χ4n) is 2.60. The van der Waals surface area contributed by atoms with Crippen molar-refractivity contribution in [2.24, 2.45) is 5.73 Å². The second-order valence-electron chi connectivity index (χ2n) is 7.62. The molecule has 0 aromatic carbocycles. The maximum absolute atomic E-state index is 11.9. The summed E-state index contributed by atoms with van der Waals surface area (Å²) < 4.78 is 26.7. The van der Waals surface area contributed by atoms with E-state index in [9.17, 15) is 9.59 Å². The molecule has 0 unspecified atom stereocenters. The van der Waals surface area contributed by atoms with Crippen molar-refractivity contribution in [1.29, 1.82) is 0 Å². The lowest BCUT2D eigenvalue weighted by molar-refractivity contribution is -0.122. The van der Waals surface area contributed by atoms with Gasteiger partial charge in [-0.05, 0) is 26.2 Å². The van der Waals surface area contributed by atoms with E-state index >= 15 is 0 Å². The van der Waals surface area contributed by atoms with Crippen molar-refractivity contribution in [1.82, 2.24) is 22.1 Å². The van der Waals surface area contributed by atoms with Crippen molar-refractivity contribution < 1.29 is 36.1 Å². The van der Waals surface area contributed by atoms with Gasteiger partial charge in [0.25, 0.3) is 0 Å². The molecule has 8 N–H and O–H groups in total. The van der Waals surface area contributed by atoms with Gasteiger partial charge in [-0.25, -0.2) is 0 Å². The van der Waals surface area contributed by atoms with Crippen LogP contribution in [0.5, 0.6) is 0 Å². The Hall–Kier alpha value is -1.96. The molecule has 0 aliphatic carbocycles. The number of ether oxygens (including phenoxy) is 5. The summed E-state index contributed by atoms with van der Waals surface area (Å²) in [5.74, 6) is -0.102. The Kier molecular flexibility index (Phi) is 29.4. The highest BCUT2D eigenvalue weighted by molar-refractivity contribution is 5.76. The van der Waals surface area contributed by atoms with Crippen LogP contribution in [-0.4, -0.2) is 97.5 Å². The summed E-state index contributed by atoms with van der Waals surface area (Å²) in [5.41, 5.74) is 6.52. The molecule has 12 nitrogen and oxygen atoms in total. The minimum absolute atomic E-state index is 0. The smallest absolute Gasteiger partial charge is 0.222 e. The molecule has 0 radical (unpaired) electrons. The Labute approximate surface area is 219 Å². The summed E-state index contributed by atoms with van der Waals surface area (Å²) in [6.45, 7) is 11.3. The molecule has 0 aromatic heterocycles. The summed E-state index contributed by atoms with van der Waals surface area (Å²) in [4.78, 5) is 23.5. The molecular weight excluding hydrogens is 470 g/mol. The van der Waals surface area contributed by atoms with Crippen molar-refractivity contribution in [2.75, 3.05) is 85.7 Å². The average Bonchev–Trinajstić information content (AvgIpc) is 2.85. The highest BCUT2D eigenvalue weighted by Gasteiger charge is 2.03. The fraction of sp³-hybridized carbons (Fsp3) is 0.833. The van der Waals surface area contributed by atoms with Crippen LogP contribution in [0.1, 0.15) is 48.8 Å². The molecule has 2 amide bonds. The van der Waals surface area contributed by atoms with Crippen LogP contribution in [0.3, 0.4) is 0 Å². The lowest BCUT2D eigenvalue weighted by Crippen LogP contribution is -2.30. The summed E-state index contributed by atoms with van der Waals surface area (Å²) in [7, 11) is 0. The number of nitrogens with one attached hydrogen (secondary N) is 3. The Morgan fingerprint density at radius 3 is 1.81 bits per heavy atom. The molecule has 0 saturated heterocycles. The second kappa shape index (κ2) is 29.3. The van der Waals surface area contributed by atoms with Crippen LogP contribution < -0.4 is 27.8 Å². The van der Waals surface area contributed by atoms with E-state index in [0.29, 0.717) is 117 Å². The molecule has 0 saturated carbocycles. The predicted octanol–water partition coefficient (Wildman–Crippen LogP) is 1.34. The van der Waals surface area contributed by atoms with E-state index in [2.05, 4.69) is 16.0 Å². The number of rotatable bonds is 26. The monoisotopic (exact) mass is 525 g/mol. The van der Waals surface area contributed by atoms with Gasteiger partial charge in [0.2, 0.25) is 11.8 Å². The van der Waals surface area contributed by atoms with Crippen LogP contribution >= 0.6 is 0 Å². The summed E-state index contributed by atoms with van der Waals surface area (Å²) in [6, 6.07) is 0. The first-order chi connectivity index (χ1) is 17.1. The Balaban J connectivity index is -0.00000193. The molecule has 0 aliphatic heterocycles. The third-order valence-corrected chi connectivity index (χ3v) is 4.46. The molecule has 0 atom stereocenters. The zero-order valence-electron chi connectivity index (χ0n) is 22.4. The minimum Gasteiger partial charge on any atom is -0.401 e. The largest absolute Gasteiger partial charge is 0.401 e. The zero-order valence-corrected chi connectivity index (χ0v) is 22.4. The van der Waals surface area contributed by atoms with Crippen molar-refractivity contribution in [2.45, 2.75) is 46.0 Å². The summed E-state index contributed by atoms with van der Waals surface area (Å²) >= 11 is 0. The van der Waals surface area contributed by atoms with Crippen LogP contribution in [0.4, 0.5) is 0 Å². The van der Waals surface area contributed by atoms with Crippen molar-refractivity contribution in [3.8, 4) is 0 Å². The summed E-state index contributed by atoms with van der Waals surface area (Å²) in [6.07, 6.45) is 4.46. The van der Waals surface area contributed by atoms with E-state index in [0.717, 1.165) is 6.42 Å². The molecule has 218 valence electrons. The molecule has 36 heavy (non-hydrogen) atoms. The number of allylic oxidation sites excluding steroid dienone is 1. The minimum atomic E-state index is -0.0660. The molecule has 0 spiro atoms. The summed E-state index contributed by atoms with van der Waals surface area (Å²) in [5, 5.41) is 8.71. The first kappa shape index (κ1) is 36.2. The molecule has 0 aromatic rings. The lowest BCUT2D eigenvalue weighted by Gasteiger charge is -2.08. The van der Waals surface area contributed by atoms with E-state index in [1.165, 1.54) is 0 Å². The average molecular weight is 526 g/mol. The lowest BCUT2D eigenvalue weighted by atomic mass is 10.2. The van der Waals surface area contributed by atoms with Gasteiger partial charge in [-0.15, -0.1) is 0 Å². The number of hydrogen-bond donors (Lipinski definition) is 5. The Bertz CT molecular complexity index is 550. The van der Waals surface area contributed by atoms with Crippen LogP contribution in [0.15, 0.2) is 11.9 Å². The standard InChI is InChI=1S/C24H48N4O7.H3N.2H2/c1-3-12-32-13-8-24(30)28-10-5-9-27-23(29)7-6-22(25)21-26-11-14-33-17-18-35-20-19-34-16-15-31-4-2;;;/h21,26H,3-20,25H2,1-2H3,(H,27,29)(H,28,30);1H3;2*1H/b22-21-;;;. The maximum atomic E-state index is 11.9. The van der Waals surface area contributed by atoms with E-state index in [1.807, 2.05) is 13.8 Å². The SMILES string of the molecule is CCCOCCC(=O)NCCCNC(=O)CC/C(N)=C/NCCOCCOCCOCCOCC.N.[HH].[HH]. The maximum Gasteiger partial charge on any atom is 0.222 e. The van der Waals surface area contributed by atoms with Gasteiger partial charge < -0.3 is 51.5 Å². The molecular formula is C24H55N5O7. The quantitative estimate of drug-likeness (QED) is 0.103. The number of hydrogen-bond acceptors (Lipinski definition) is 10. The molecule has 12 heteroatoms. The van der Waals surface area contributed by atoms with Gasteiger partial charge in [0.05, 0.1) is 52.9 Å². The van der Waals surface area contributed by atoms with Crippen molar-refractivity contribution in [3.63, 3.8) is 0 Å². The van der Waals surface area contributed by atoms with E-state index < -0.39 is 0 Å². The van der Waals surface area contributed by atoms with Gasteiger partial charge >= 0.3 is 0 Å². The van der Waals surface area contributed by atoms with Gasteiger partial charge in [0, 0.05) is 60.4 Å². The fourth-order valence-corrected chi connectivity index (χ4v) is 2.60. The molecule has 0 aliphatic rings. The van der Waals surface area contributed by atoms with Crippen LogP contribution in [0.2, 0.25) is 0 Å². The first-order valence-corrected chi connectivity index (χ1v) is 12.7. The third kappa shape index (κ3) is 28.3. The van der Waals surface area contributed by atoms with Crippen LogP contribution in [0.25, 0.3) is 0 Å². The zero-order chi connectivity index (χ0) is 25.8. The van der Waals surface area contributed by atoms with E-state index in [1.54, 1.807) is 6.20 Å². The number of amides is 2. The highest BCUT2D eigenvalue weighted by Crippen LogP contribution is 1.97. The van der Waals surface area contributed by atoms with Crippen LogP contribution in [0, 0.1) is 0 Å². The number of nitrogens with two attached hydrogens (primary N) is 1. The van der Waals surface area contributed by atoms with Crippen molar-refractivity contribution >= 4 is 11.8 Å². The van der Waals surface area contributed by atoms with Gasteiger partial charge in [0.1, 0.15) is 0 Å². The molecule has 0 rings (SSSR count). The van der Waals surface area contributed by atoms with E-state index in [4.69, 9.17) is 29.4 Å². The van der Waals surface area contributed by atoms with Gasteiger partial charge in [-0.3, -0.25) is 9.59 Å². The third-order valence-electron chi connectivity index (χ3n) is 4.46. The van der Waals surface area contributed by atoms with Gasteiger partial charge in [-0.2, -0.15) is 0 Å². The number of carbonyl (C=O) groups is 2. The normalized spacial score (nSPS) is 11.1. The highest BCUT2D eigenvalue weighted by atomic mass is 16.6.